The molecule has 146 valence electrons. The van der Waals surface area contributed by atoms with Crippen molar-refractivity contribution < 1.29 is 0 Å². The largest absolute Gasteiger partial charge is 0.304 e. The summed E-state index contributed by atoms with van der Waals surface area (Å²) in [7, 11) is 0. The second-order valence-corrected chi connectivity index (χ2v) is 7.39. The molecule has 4 nitrogen and oxygen atoms in total. The summed E-state index contributed by atoms with van der Waals surface area (Å²) in [5.74, 6) is 0. The van der Waals surface area contributed by atoms with Gasteiger partial charge in [-0.1, -0.05) is 90.5 Å². The number of aromatic nitrogens is 3. The average Bonchev–Trinajstić information content (AvgIpc) is 3.17. The van der Waals surface area contributed by atoms with Gasteiger partial charge in [0.1, 0.15) is 11.4 Å². The molecule has 1 atom stereocenters. The second kappa shape index (κ2) is 8.84. The molecule has 4 aromatic rings. The number of hydrogen-bond donors (Lipinski definition) is 1. The molecule has 1 heterocycles. The van der Waals surface area contributed by atoms with Crippen LogP contribution < -0.4 is 5.32 Å². The monoisotopic (exact) mass is 382 g/mol. The third kappa shape index (κ3) is 4.79. The average molecular weight is 383 g/mol. The minimum atomic E-state index is 0.238. The van der Waals surface area contributed by atoms with E-state index in [1.807, 2.05) is 24.3 Å². The van der Waals surface area contributed by atoms with Crippen molar-refractivity contribution in [3.05, 3.63) is 107 Å². The van der Waals surface area contributed by atoms with E-state index >= 15 is 0 Å². The predicted molar refractivity (Wildman–Crippen MR) is 117 cm³/mol. The van der Waals surface area contributed by atoms with Gasteiger partial charge in [0.15, 0.2) is 0 Å². The maximum absolute atomic E-state index is 4.81. The highest BCUT2D eigenvalue weighted by molar-refractivity contribution is 5.60. The highest BCUT2D eigenvalue weighted by Crippen LogP contribution is 2.21. The van der Waals surface area contributed by atoms with Gasteiger partial charge in [0.05, 0.1) is 6.54 Å². The van der Waals surface area contributed by atoms with E-state index in [-0.39, 0.29) is 6.04 Å². The zero-order chi connectivity index (χ0) is 20.1. The van der Waals surface area contributed by atoms with Crippen LogP contribution in [0.5, 0.6) is 0 Å². The van der Waals surface area contributed by atoms with Crippen LogP contribution in [0.25, 0.3) is 11.3 Å². The molecule has 0 unspecified atom stereocenters. The van der Waals surface area contributed by atoms with Crippen molar-refractivity contribution in [2.24, 2.45) is 0 Å². The summed E-state index contributed by atoms with van der Waals surface area (Å²) in [6.45, 7) is 5.60. The van der Waals surface area contributed by atoms with Gasteiger partial charge in [-0.2, -0.15) is 15.0 Å². The van der Waals surface area contributed by atoms with Gasteiger partial charge >= 0.3 is 0 Å². The smallest absolute Gasteiger partial charge is 0.117 e. The standard InChI is InChI=1S/C25H26N4/c1-19-13-15-21(16-14-19)18-29-27-24(25(28-29)23-11-7-4-8-12-23)17-26-20(2)22-9-5-3-6-10-22/h3-16,20,26H,17-18H2,1-2H3/t20-/m1/s1. The maximum Gasteiger partial charge on any atom is 0.117 e. The summed E-state index contributed by atoms with van der Waals surface area (Å²) in [5.41, 5.74) is 6.71. The number of benzene rings is 3. The van der Waals surface area contributed by atoms with Gasteiger partial charge in [0.2, 0.25) is 0 Å². The van der Waals surface area contributed by atoms with Gasteiger partial charge in [0.25, 0.3) is 0 Å². The van der Waals surface area contributed by atoms with E-state index in [1.54, 1.807) is 4.80 Å². The van der Waals surface area contributed by atoms with Crippen LogP contribution in [0, 0.1) is 6.92 Å². The van der Waals surface area contributed by atoms with E-state index < -0.39 is 0 Å². The molecule has 29 heavy (non-hydrogen) atoms. The van der Waals surface area contributed by atoms with Crippen LogP contribution in [0.4, 0.5) is 0 Å². The van der Waals surface area contributed by atoms with E-state index in [1.165, 1.54) is 16.7 Å². The molecule has 0 amide bonds. The van der Waals surface area contributed by atoms with Gasteiger partial charge in [0, 0.05) is 18.2 Å². The Balaban J connectivity index is 1.57. The predicted octanol–water partition coefficient (Wildman–Crippen LogP) is 5.15. The van der Waals surface area contributed by atoms with Crippen LogP contribution in [0.2, 0.25) is 0 Å². The van der Waals surface area contributed by atoms with Crippen LogP contribution in [0.15, 0.2) is 84.9 Å². The summed E-state index contributed by atoms with van der Waals surface area (Å²) in [4.78, 5) is 1.80. The molecule has 1 N–H and O–H groups in total. The Bertz CT molecular complexity index is 1040. The van der Waals surface area contributed by atoms with Crippen LogP contribution in [0.1, 0.15) is 35.3 Å². The zero-order valence-corrected chi connectivity index (χ0v) is 16.9. The Morgan fingerprint density at radius 2 is 1.48 bits per heavy atom. The van der Waals surface area contributed by atoms with Crippen molar-refractivity contribution in [2.45, 2.75) is 33.0 Å². The maximum atomic E-state index is 4.81. The Kier molecular flexibility index (Phi) is 5.82. The molecule has 0 bridgehead atoms. The molecule has 0 aliphatic rings. The summed E-state index contributed by atoms with van der Waals surface area (Å²) >= 11 is 0. The fraction of sp³-hybridized carbons (Fsp3) is 0.200. The minimum absolute atomic E-state index is 0.238. The van der Waals surface area contributed by atoms with Gasteiger partial charge < -0.3 is 5.32 Å². The molecule has 1 aromatic heterocycles. The lowest BCUT2D eigenvalue weighted by Crippen LogP contribution is -2.19. The molecule has 0 spiro atoms. The summed E-state index contributed by atoms with van der Waals surface area (Å²) in [6.07, 6.45) is 0. The number of nitrogens with zero attached hydrogens (tertiary/aromatic N) is 3. The van der Waals surface area contributed by atoms with Crippen molar-refractivity contribution in [3.8, 4) is 11.3 Å². The molecule has 0 aliphatic carbocycles. The topological polar surface area (TPSA) is 42.7 Å². The Labute approximate surface area is 172 Å². The van der Waals surface area contributed by atoms with Crippen LogP contribution in [0.3, 0.4) is 0 Å². The van der Waals surface area contributed by atoms with Crippen LogP contribution in [-0.4, -0.2) is 15.0 Å². The summed E-state index contributed by atoms with van der Waals surface area (Å²) in [6, 6.07) is 29.5. The first-order valence-electron chi connectivity index (χ1n) is 10.0. The fourth-order valence-electron chi connectivity index (χ4n) is 3.36. The molecule has 0 saturated carbocycles. The third-order valence-electron chi connectivity index (χ3n) is 5.09. The van der Waals surface area contributed by atoms with Crippen molar-refractivity contribution in [2.75, 3.05) is 0 Å². The molecule has 0 aliphatic heterocycles. The first-order chi connectivity index (χ1) is 14.2. The minimum Gasteiger partial charge on any atom is -0.304 e. The van der Waals surface area contributed by atoms with Crippen molar-refractivity contribution in [1.29, 1.82) is 0 Å². The summed E-state index contributed by atoms with van der Waals surface area (Å²) < 4.78 is 0. The highest BCUT2D eigenvalue weighted by Gasteiger charge is 2.15. The van der Waals surface area contributed by atoms with E-state index in [0.29, 0.717) is 13.1 Å². The normalized spacial score (nSPS) is 12.1. The first kappa shape index (κ1) is 19.1. The first-order valence-corrected chi connectivity index (χ1v) is 10.0. The molecular weight excluding hydrogens is 356 g/mol. The van der Waals surface area contributed by atoms with Crippen LogP contribution >= 0.6 is 0 Å². The summed E-state index contributed by atoms with van der Waals surface area (Å²) in [5, 5.41) is 13.2. The fourth-order valence-corrected chi connectivity index (χ4v) is 3.36. The quantitative estimate of drug-likeness (QED) is 0.480. The molecule has 0 saturated heterocycles. The van der Waals surface area contributed by atoms with Gasteiger partial charge in [-0.3, -0.25) is 0 Å². The third-order valence-corrected chi connectivity index (χ3v) is 5.09. The van der Waals surface area contributed by atoms with Gasteiger partial charge in [-0.05, 0) is 25.0 Å². The lowest BCUT2D eigenvalue weighted by atomic mass is 10.1. The van der Waals surface area contributed by atoms with E-state index in [9.17, 15) is 0 Å². The number of nitrogens with one attached hydrogen (secondary N) is 1. The molecule has 4 heteroatoms. The molecular formula is C25H26N4. The van der Waals surface area contributed by atoms with Gasteiger partial charge in [-0.25, -0.2) is 0 Å². The molecule has 4 rings (SSSR count). The van der Waals surface area contributed by atoms with Gasteiger partial charge in [-0.15, -0.1) is 0 Å². The van der Waals surface area contributed by atoms with Crippen molar-refractivity contribution in [3.63, 3.8) is 0 Å². The molecule has 0 radical (unpaired) electrons. The van der Waals surface area contributed by atoms with E-state index in [4.69, 9.17) is 10.2 Å². The van der Waals surface area contributed by atoms with Crippen molar-refractivity contribution in [1.82, 2.24) is 20.3 Å². The van der Waals surface area contributed by atoms with Crippen LogP contribution in [-0.2, 0) is 13.1 Å². The second-order valence-electron chi connectivity index (χ2n) is 7.39. The van der Waals surface area contributed by atoms with E-state index in [0.717, 1.165) is 17.0 Å². The molecule has 0 fully saturated rings. The number of hydrogen-bond acceptors (Lipinski definition) is 3. The van der Waals surface area contributed by atoms with Crippen molar-refractivity contribution >= 4 is 0 Å². The SMILES string of the molecule is Cc1ccc(Cn2nc(CN[C@H](C)c3ccccc3)c(-c3ccccc3)n2)cc1. The lowest BCUT2D eigenvalue weighted by Gasteiger charge is -2.13. The zero-order valence-electron chi connectivity index (χ0n) is 16.9. The number of aryl methyl sites for hydroxylation is 1. The Morgan fingerprint density at radius 3 is 2.17 bits per heavy atom. The Morgan fingerprint density at radius 1 is 0.828 bits per heavy atom. The lowest BCUT2D eigenvalue weighted by molar-refractivity contribution is 0.547. The molecule has 3 aromatic carbocycles. The van der Waals surface area contributed by atoms with E-state index in [2.05, 4.69) is 79.8 Å². The Hall–Kier alpha value is -3.24. The number of rotatable bonds is 7. The highest BCUT2D eigenvalue weighted by atomic mass is 15.5.